The summed E-state index contributed by atoms with van der Waals surface area (Å²) in [5, 5.41) is 16.4. The summed E-state index contributed by atoms with van der Waals surface area (Å²) in [4.78, 5) is 26.1. The first kappa shape index (κ1) is 25.4. The quantitative estimate of drug-likeness (QED) is 0.573. The Morgan fingerprint density at radius 2 is 1.79 bits per heavy atom. The zero-order valence-electron chi connectivity index (χ0n) is 15.4. The molecule has 1 aromatic rings. The minimum absolute atomic E-state index is 0.0232. The van der Waals surface area contributed by atoms with Gasteiger partial charge >= 0.3 is 18.1 Å². The maximum absolute atomic E-state index is 11.5. The van der Waals surface area contributed by atoms with E-state index < -0.39 is 28.1 Å². The van der Waals surface area contributed by atoms with E-state index in [0.29, 0.717) is 12.4 Å². The van der Waals surface area contributed by atoms with Gasteiger partial charge in [-0.2, -0.15) is 13.2 Å². The zero-order valence-corrected chi connectivity index (χ0v) is 16.3. The van der Waals surface area contributed by atoms with Gasteiger partial charge in [-0.15, -0.1) is 0 Å². The van der Waals surface area contributed by atoms with Gasteiger partial charge in [0.15, 0.2) is 0 Å². The fourth-order valence-electron chi connectivity index (χ4n) is 1.73. The fourth-order valence-corrected chi connectivity index (χ4v) is 2.34. The SMILES string of the molecule is CCCCN(C)c1ncc(NS(=O)(=O)CC)cc1C(=O)O.O=C(O)C(F)(F)F. The third-order valence-electron chi connectivity index (χ3n) is 3.20. The Bertz CT molecular complexity index is 784. The first-order chi connectivity index (χ1) is 12.7. The Morgan fingerprint density at radius 1 is 1.25 bits per heavy atom. The molecule has 0 bridgehead atoms. The molecule has 0 unspecified atom stereocenters. The monoisotopic (exact) mass is 429 g/mol. The number of hydrogen-bond donors (Lipinski definition) is 3. The number of anilines is 2. The number of aliphatic carboxylic acids is 1. The molecular weight excluding hydrogens is 407 g/mol. The van der Waals surface area contributed by atoms with Gasteiger partial charge in [0.1, 0.15) is 11.4 Å². The largest absolute Gasteiger partial charge is 0.490 e. The number of aromatic carboxylic acids is 1. The first-order valence-corrected chi connectivity index (χ1v) is 9.65. The van der Waals surface area contributed by atoms with Gasteiger partial charge in [-0.3, -0.25) is 4.72 Å². The molecule has 0 radical (unpaired) electrons. The van der Waals surface area contributed by atoms with E-state index in [1.54, 1.807) is 11.9 Å². The molecule has 0 aliphatic heterocycles. The number of aromatic nitrogens is 1. The van der Waals surface area contributed by atoms with Crippen LogP contribution in [0.2, 0.25) is 0 Å². The van der Waals surface area contributed by atoms with Crippen LogP contribution in [0.25, 0.3) is 0 Å². The predicted octanol–water partition coefficient (Wildman–Crippen LogP) is 2.41. The van der Waals surface area contributed by atoms with E-state index >= 15 is 0 Å². The summed E-state index contributed by atoms with van der Waals surface area (Å²) in [6.07, 6.45) is -1.85. The lowest BCUT2D eigenvalue weighted by Gasteiger charge is -2.20. The Balaban J connectivity index is 0.000000887. The van der Waals surface area contributed by atoms with Crippen molar-refractivity contribution in [2.24, 2.45) is 0 Å². The van der Waals surface area contributed by atoms with E-state index in [-0.39, 0.29) is 17.0 Å². The number of nitrogens with one attached hydrogen (secondary N) is 1. The molecule has 160 valence electrons. The molecule has 3 N–H and O–H groups in total. The van der Waals surface area contributed by atoms with E-state index in [0.717, 1.165) is 12.8 Å². The van der Waals surface area contributed by atoms with Crippen molar-refractivity contribution >= 4 is 33.5 Å². The van der Waals surface area contributed by atoms with Crippen molar-refractivity contribution in [3.05, 3.63) is 17.8 Å². The Morgan fingerprint density at radius 3 is 2.18 bits per heavy atom. The highest BCUT2D eigenvalue weighted by Crippen LogP contribution is 2.21. The average Bonchev–Trinajstić information content (AvgIpc) is 2.58. The molecule has 0 amide bonds. The summed E-state index contributed by atoms with van der Waals surface area (Å²) >= 11 is 0. The molecule has 9 nitrogen and oxygen atoms in total. The zero-order chi connectivity index (χ0) is 22.1. The maximum atomic E-state index is 11.5. The number of carbonyl (C=O) groups is 2. The maximum Gasteiger partial charge on any atom is 0.490 e. The van der Waals surface area contributed by atoms with Gasteiger partial charge < -0.3 is 15.1 Å². The number of nitrogens with zero attached hydrogens (tertiary/aromatic N) is 2. The minimum Gasteiger partial charge on any atom is -0.478 e. The van der Waals surface area contributed by atoms with Crippen LogP contribution >= 0.6 is 0 Å². The molecule has 1 aromatic heterocycles. The van der Waals surface area contributed by atoms with Crippen LogP contribution in [0.3, 0.4) is 0 Å². The molecule has 0 spiro atoms. The number of rotatable bonds is 8. The molecule has 0 saturated heterocycles. The summed E-state index contributed by atoms with van der Waals surface area (Å²) in [5.41, 5.74) is 0.131. The average molecular weight is 429 g/mol. The van der Waals surface area contributed by atoms with Gasteiger partial charge in [0.25, 0.3) is 0 Å². The second-order valence-corrected chi connectivity index (χ2v) is 7.49. The summed E-state index contributed by atoms with van der Waals surface area (Å²) in [6, 6.07) is 1.29. The second kappa shape index (κ2) is 10.7. The number of sulfonamides is 1. The summed E-state index contributed by atoms with van der Waals surface area (Å²) in [7, 11) is -1.69. The van der Waals surface area contributed by atoms with Crippen molar-refractivity contribution < 1.29 is 41.4 Å². The molecule has 13 heteroatoms. The third-order valence-corrected chi connectivity index (χ3v) is 4.51. The highest BCUT2D eigenvalue weighted by atomic mass is 32.2. The van der Waals surface area contributed by atoms with E-state index in [1.807, 2.05) is 6.92 Å². The van der Waals surface area contributed by atoms with Gasteiger partial charge in [-0.05, 0) is 19.4 Å². The summed E-state index contributed by atoms with van der Waals surface area (Å²) in [5.74, 6) is -3.66. The van der Waals surface area contributed by atoms with E-state index in [4.69, 9.17) is 9.90 Å². The van der Waals surface area contributed by atoms with Crippen LogP contribution in [0.4, 0.5) is 24.7 Å². The van der Waals surface area contributed by atoms with Crippen molar-refractivity contribution in [3.8, 4) is 0 Å². The van der Waals surface area contributed by atoms with Crippen LogP contribution in [-0.2, 0) is 14.8 Å². The number of carboxylic acids is 2. The number of carboxylic acid groups (broad SMARTS) is 2. The lowest BCUT2D eigenvalue weighted by Crippen LogP contribution is -2.23. The van der Waals surface area contributed by atoms with E-state index in [2.05, 4.69) is 9.71 Å². The van der Waals surface area contributed by atoms with Crippen LogP contribution in [0.5, 0.6) is 0 Å². The second-order valence-electron chi connectivity index (χ2n) is 5.48. The number of halogens is 3. The van der Waals surface area contributed by atoms with Gasteiger partial charge in [-0.25, -0.2) is 23.0 Å². The standard InChI is InChI=1S/C13H21N3O4S.C2HF3O2/c1-4-6-7-16(3)12-11(13(17)18)8-10(9-14-12)15-21(19,20)5-2;3-2(4,5)1(6)7/h8-9,15H,4-7H2,1-3H3,(H,17,18);(H,6,7). The highest BCUT2D eigenvalue weighted by Gasteiger charge is 2.38. The van der Waals surface area contributed by atoms with Crippen molar-refractivity contribution in [2.75, 3.05) is 29.0 Å². The van der Waals surface area contributed by atoms with Crippen LogP contribution in [0.15, 0.2) is 12.3 Å². The van der Waals surface area contributed by atoms with Crippen molar-refractivity contribution in [3.63, 3.8) is 0 Å². The summed E-state index contributed by atoms with van der Waals surface area (Å²) in [6.45, 7) is 4.23. The van der Waals surface area contributed by atoms with Crippen molar-refractivity contribution in [1.82, 2.24) is 4.98 Å². The minimum atomic E-state index is -5.08. The van der Waals surface area contributed by atoms with Crippen LogP contribution < -0.4 is 9.62 Å². The van der Waals surface area contributed by atoms with Crippen molar-refractivity contribution in [2.45, 2.75) is 32.9 Å². The van der Waals surface area contributed by atoms with Gasteiger partial charge in [0, 0.05) is 13.6 Å². The highest BCUT2D eigenvalue weighted by molar-refractivity contribution is 7.92. The molecule has 1 rings (SSSR count). The van der Waals surface area contributed by atoms with Crippen molar-refractivity contribution in [1.29, 1.82) is 0 Å². The smallest absolute Gasteiger partial charge is 0.478 e. The molecule has 28 heavy (non-hydrogen) atoms. The molecule has 0 saturated carbocycles. The predicted molar refractivity (Wildman–Crippen MR) is 96.1 cm³/mol. The lowest BCUT2D eigenvalue weighted by molar-refractivity contribution is -0.192. The summed E-state index contributed by atoms with van der Waals surface area (Å²) < 4.78 is 57.1. The normalized spacial score (nSPS) is 11.2. The molecule has 0 atom stereocenters. The third kappa shape index (κ3) is 8.88. The number of pyridine rings is 1. The van der Waals surface area contributed by atoms with Crippen LogP contribution in [0, 0.1) is 0 Å². The van der Waals surface area contributed by atoms with E-state index in [1.165, 1.54) is 19.2 Å². The Kier molecular flexibility index (Phi) is 9.70. The Hall–Kier alpha value is -2.57. The van der Waals surface area contributed by atoms with E-state index in [9.17, 15) is 31.5 Å². The molecule has 0 aromatic carbocycles. The molecule has 0 aliphatic carbocycles. The topological polar surface area (TPSA) is 137 Å². The molecule has 0 fully saturated rings. The molecule has 1 heterocycles. The van der Waals surface area contributed by atoms with Gasteiger partial charge in [-0.1, -0.05) is 13.3 Å². The van der Waals surface area contributed by atoms with Crippen LogP contribution in [-0.4, -0.2) is 61.1 Å². The fraction of sp³-hybridized carbons (Fsp3) is 0.533. The van der Waals surface area contributed by atoms with Gasteiger partial charge in [0.2, 0.25) is 10.0 Å². The number of hydrogen-bond acceptors (Lipinski definition) is 6. The first-order valence-electron chi connectivity index (χ1n) is 8.00. The number of unbranched alkanes of at least 4 members (excludes halogenated alkanes) is 1. The number of alkyl halides is 3. The Labute approximate surface area is 160 Å². The van der Waals surface area contributed by atoms with Gasteiger partial charge in [0.05, 0.1) is 17.6 Å². The molecule has 0 aliphatic rings. The molecular formula is C15H22F3N3O6S. The van der Waals surface area contributed by atoms with Crippen LogP contribution in [0.1, 0.15) is 37.0 Å². The lowest BCUT2D eigenvalue weighted by atomic mass is 10.2.